The van der Waals surface area contributed by atoms with E-state index in [1.54, 1.807) is 0 Å². The monoisotopic (exact) mass is 228 g/mol. The average molecular weight is 228 g/mol. The van der Waals surface area contributed by atoms with Crippen LogP contribution in [0.1, 0.15) is 6.23 Å². The first-order valence-electron chi connectivity index (χ1n) is 4.79. The Balaban J connectivity index is 2.30. The Labute approximate surface area is 90.6 Å². The van der Waals surface area contributed by atoms with Crippen LogP contribution >= 0.6 is 0 Å². The smallest absolute Gasteiger partial charge is 0.255 e. The summed E-state index contributed by atoms with van der Waals surface area (Å²) in [5.74, 6) is 0. The number of aliphatic hydroxyl groups is 3. The third-order valence-corrected chi connectivity index (χ3v) is 2.54. The van der Waals surface area contributed by atoms with Gasteiger partial charge in [0.1, 0.15) is 18.3 Å². The lowest BCUT2D eigenvalue weighted by molar-refractivity contribution is -0.0548. The maximum absolute atomic E-state index is 11.4. The predicted octanol–water partition coefficient (Wildman–Crippen LogP) is -2.15. The van der Waals surface area contributed by atoms with Crippen molar-refractivity contribution >= 4 is 0 Å². The molecule has 1 aromatic rings. The van der Waals surface area contributed by atoms with E-state index in [4.69, 9.17) is 9.84 Å². The van der Waals surface area contributed by atoms with E-state index in [2.05, 4.69) is 4.98 Å². The van der Waals surface area contributed by atoms with Gasteiger partial charge in [-0.3, -0.25) is 9.36 Å². The van der Waals surface area contributed by atoms with Gasteiger partial charge >= 0.3 is 0 Å². The van der Waals surface area contributed by atoms with Crippen LogP contribution < -0.4 is 5.56 Å². The summed E-state index contributed by atoms with van der Waals surface area (Å²) >= 11 is 0. The van der Waals surface area contributed by atoms with E-state index >= 15 is 0 Å². The van der Waals surface area contributed by atoms with Gasteiger partial charge in [0.15, 0.2) is 6.23 Å². The molecule has 0 aliphatic carbocycles. The summed E-state index contributed by atoms with van der Waals surface area (Å²) in [6.07, 6.45) is -1.87. The molecule has 1 aliphatic rings. The molecule has 7 heteroatoms. The van der Waals surface area contributed by atoms with Crippen LogP contribution in [0.5, 0.6) is 0 Å². The summed E-state index contributed by atoms with van der Waals surface area (Å²) in [5.41, 5.74) is -0.398. The highest BCUT2D eigenvalue weighted by Gasteiger charge is 2.43. The van der Waals surface area contributed by atoms with Crippen LogP contribution in [0.25, 0.3) is 0 Å². The van der Waals surface area contributed by atoms with E-state index in [-0.39, 0.29) is 0 Å². The molecular formula is C9H12N2O5. The molecule has 1 fully saturated rings. The Morgan fingerprint density at radius 3 is 2.75 bits per heavy atom. The van der Waals surface area contributed by atoms with Crippen LogP contribution in [-0.4, -0.2) is 49.8 Å². The van der Waals surface area contributed by atoms with E-state index in [0.29, 0.717) is 0 Å². The summed E-state index contributed by atoms with van der Waals surface area (Å²) in [7, 11) is 0. The SMILES string of the molecule is O=c1ccncn1[C@H]1O[C@@H](CO)[C@@H](O)[C@@H]1O. The van der Waals surface area contributed by atoms with E-state index < -0.39 is 36.7 Å². The molecule has 2 heterocycles. The van der Waals surface area contributed by atoms with Gasteiger partial charge in [0.25, 0.3) is 5.56 Å². The lowest BCUT2D eigenvalue weighted by Crippen LogP contribution is -2.35. The van der Waals surface area contributed by atoms with Crippen molar-refractivity contribution in [3.63, 3.8) is 0 Å². The maximum atomic E-state index is 11.4. The fourth-order valence-corrected chi connectivity index (χ4v) is 1.66. The number of rotatable bonds is 2. The number of ether oxygens (including phenoxy) is 1. The zero-order valence-corrected chi connectivity index (χ0v) is 8.30. The molecule has 0 amide bonds. The number of aromatic nitrogens is 2. The maximum Gasteiger partial charge on any atom is 0.255 e. The second-order valence-corrected chi connectivity index (χ2v) is 3.55. The second kappa shape index (κ2) is 4.30. The van der Waals surface area contributed by atoms with Gasteiger partial charge in [0.2, 0.25) is 0 Å². The molecule has 1 aliphatic heterocycles. The van der Waals surface area contributed by atoms with Crippen LogP contribution in [0.15, 0.2) is 23.4 Å². The highest BCUT2D eigenvalue weighted by Crippen LogP contribution is 2.27. The summed E-state index contributed by atoms with van der Waals surface area (Å²) < 4.78 is 6.25. The molecular weight excluding hydrogens is 216 g/mol. The molecule has 0 spiro atoms. The minimum Gasteiger partial charge on any atom is -0.394 e. The van der Waals surface area contributed by atoms with Crippen LogP contribution in [0.2, 0.25) is 0 Å². The lowest BCUT2D eigenvalue weighted by atomic mass is 10.1. The minimum atomic E-state index is -1.26. The van der Waals surface area contributed by atoms with Crippen molar-refractivity contribution in [2.45, 2.75) is 24.5 Å². The molecule has 3 N–H and O–H groups in total. The Kier molecular flexibility index (Phi) is 3.01. The second-order valence-electron chi connectivity index (χ2n) is 3.55. The fraction of sp³-hybridized carbons (Fsp3) is 0.556. The van der Waals surface area contributed by atoms with Crippen LogP contribution in [0.3, 0.4) is 0 Å². The van der Waals surface area contributed by atoms with Gasteiger partial charge in [-0.25, -0.2) is 4.98 Å². The molecule has 1 saturated heterocycles. The van der Waals surface area contributed by atoms with E-state index in [1.165, 1.54) is 18.6 Å². The van der Waals surface area contributed by atoms with Gasteiger partial charge < -0.3 is 20.1 Å². The van der Waals surface area contributed by atoms with Gasteiger partial charge in [0, 0.05) is 12.3 Å². The molecule has 88 valence electrons. The van der Waals surface area contributed by atoms with Crippen LogP contribution in [-0.2, 0) is 4.74 Å². The van der Waals surface area contributed by atoms with Gasteiger partial charge in [-0.2, -0.15) is 0 Å². The van der Waals surface area contributed by atoms with Crippen LogP contribution in [0.4, 0.5) is 0 Å². The summed E-state index contributed by atoms with van der Waals surface area (Å²) in [5, 5.41) is 28.1. The Morgan fingerprint density at radius 1 is 1.44 bits per heavy atom. The largest absolute Gasteiger partial charge is 0.394 e. The molecule has 0 bridgehead atoms. The predicted molar refractivity (Wildman–Crippen MR) is 51.5 cm³/mol. The first-order chi connectivity index (χ1) is 7.65. The summed E-state index contributed by atoms with van der Waals surface area (Å²) in [6, 6.07) is 1.22. The topological polar surface area (TPSA) is 105 Å². The standard InChI is InChI=1S/C9H12N2O5/c12-3-5-7(14)8(15)9(16-5)11-4-10-2-1-6(11)13/h1-2,4-5,7-9,12,14-15H,3H2/t5-,7+,8-,9-/m0/s1. The van der Waals surface area contributed by atoms with E-state index in [1.807, 2.05) is 0 Å². The molecule has 7 nitrogen and oxygen atoms in total. The van der Waals surface area contributed by atoms with E-state index in [0.717, 1.165) is 4.57 Å². The molecule has 4 atom stereocenters. The zero-order chi connectivity index (χ0) is 11.7. The molecule has 2 rings (SSSR count). The normalized spacial score (nSPS) is 34.2. The molecule has 0 saturated carbocycles. The quantitative estimate of drug-likeness (QED) is 0.533. The van der Waals surface area contributed by atoms with Crippen molar-refractivity contribution < 1.29 is 20.1 Å². The fourth-order valence-electron chi connectivity index (χ4n) is 1.66. The molecule has 0 aromatic carbocycles. The summed E-state index contributed by atoms with van der Waals surface area (Å²) in [6.45, 7) is -0.427. The summed E-state index contributed by atoms with van der Waals surface area (Å²) in [4.78, 5) is 15.2. The zero-order valence-electron chi connectivity index (χ0n) is 8.30. The van der Waals surface area contributed by atoms with Crippen molar-refractivity contribution in [2.75, 3.05) is 6.61 Å². The van der Waals surface area contributed by atoms with Crippen LogP contribution in [0, 0.1) is 0 Å². The first-order valence-corrected chi connectivity index (χ1v) is 4.79. The molecule has 0 radical (unpaired) electrons. The highest BCUT2D eigenvalue weighted by molar-refractivity contribution is 4.92. The number of aliphatic hydroxyl groups excluding tert-OH is 3. The van der Waals surface area contributed by atoms with Gasteiger partial charge in [-0.15, -0.1) is 0 Å². The highest BCUT2D eigenvalue weighted by atomic mass is 16.6. The number of hydrogen-bond acceptors (Lipinski definition) is 6. The Bertz CT molecular complexity index is 420. The molecule has 1 aromatic heterocycles. The average Bonchev–Trinajstić information content (AvgIpc) is 2.57. The van der Waals surface area contributed by atoms with E-state index in [9.17, 15) is 15.0 Å². The lowest BCUT2D eigenvalue weighted by Gasteiger charge is -2.16. The van der Waals surface area contributed by atoms with Gasteiger partial charge in [0.05, 0.1) is 12.9 Å². The van der Waals surface area contributed by atoms with Crippen molar-refractivity contribution in [3.05, 3.63) is 28.9 Å². The third kappa shape index (κ3) is 1.74. The van der Waals surface area contributed by atoms with Crippen molar-refractivity contribution in [1.29, 1.82) is 0 Å². The molecule has 0 unspecified atom stereocenters. The minimum absolute atomic E-state index is 0.398. The Hall–Kier alpha value is -1.28. The Morgan fingerprint density at radius 2 is 2.19 bits per heavy atom. The third-order valence-electron chi connectivity index (χ3n) is 2.54. The van der Waals surface area contributed by atoms with Crippen molar-refractivity contribution in [2.24, 2.45) is 0 Å². The number of nitrogens with zero attached hydrogens (tertiary/aromatic N) is 2. The first kappa shape index (κ1) is 11.2. The molecule has 16 heavy (non-hydrogen) atoms. The van der Waals surface area contributed by atoms with Crippen molar-refractivity contribution in [3.8, 4) is 0 Å². The van der Waals surface area contributed by atoms with Gasteiger partial charge in [-0.05, 0) is 0 Å². The van der Waals surface area contributed by atoms with Gasteiger partial charge in [-0.1, -0.05) is 0 Å². The van der Waals surface area contributed by atoms with Crippen molar-refractivity contribution in [1.82, 2.24) is 9.55 Å². The number of hydrogen-bond donors (Lipinski definition) is 3.